The second-order valence-electron chi connectivity index (χ2n) is 3.03. The van der Waals surface area contributed by atoms with Crippen LogP contribution in [-0.4, -0.2) is 12.0 Å². The van der Waals surface area contributed by atoms with Gasteiger partial charge in [0.2, 0.25) is 0 Å². The Morgan fingerprint density at radius 2 is 2.25 bits per heavy atom. The van der Waals surface area contributed by atoms with Crippen LogP contribution >= 0.6 is 0 Å². The highest BCUT2D eigenvalue weighted by atomic mass is 16.3. The maximum atomic E-state index is 9.48. The molecule has 0 aliphatic carbocycles. The summed E-state index contributed by atoms with van der Waals surface area (Å²) in [6.45, 7) is 2.34. The van der Waals surface area contributed by atoms with E-state index < -0.39 is 0 Å². The van der Waals surface area contributed by atoms with Gasteiger partial charge in [0.1, 0.15) is 5.75 Å². The predicted octanol–water partition coefficient (Wildman–Crippen LogP) is 1.99. The van der Waals surface area contributed by atoms with Crippen molar-refractivity contribution < 1.29 is 5.11 Å². The van der Waals surface area contributed by atoms with E-state index in [0.29, 0.717) is 12.6 Å². The SMILES string of the molecule is CB1C=Cc2cccc(O)c2N1. The van der Waals surface area contributed by atoms with Crippen LogP contribution in [0.3, 0.4) is 0 Å². The molecule has 12 heavy (non-hydrogen) atoms. The third-order valence-corrected chi connectivity index (χ3v) is 2.01. The fourth-order valence-corrected chi connectivity index (χ4v) is 1.38. The number of benzene rings is 1. The van der Waals surface area contributed by atoms with Crippen molar-refractivity contribution in [2.24, 2.45) is 0 Å². The quantitative estimate of drug-likeness (QED) is 0.448. The average molecular weight is 159 g/mol. The Morgan fingerprint density at radius 1 is 1.42 bits per heavy atom. The number of phenols is 1. The number of hydrogen-bond donors (Lipinski definition) is 2. The highest BCUT2D eigenvalue weighted by Crippen LogP contribution is 2.30. The molecule has 2 rings (SSSR count). The van der Waals surface area contributed by atoms with E-state index in [1.807, 2.05) is 25.0 Å². The predicted molar refractivity (Wildman–Crippen MR) is 52.4 cm³/mol. The summed E-state index contributed by atoms with van der Waals surface area (Å²) >= 11 is 0. The first-order valence-corrected chi connectivity index (χ1v) is 4.04. The third-order valence-electron chi connectivity index (χ3n) is 2.01. The Hall–Kier alpha value is -1.38. The van der Waals surface area contributed by atoms with Crippen molar-refractivity contribution in [2.75, 3.05) is 5.23 Å². The third kappa shape index (κ3) is 1.07. The van der Waals surface area contributed by atoms with Crippen LogP contribution in [0.5, 0.6) is 5.75 Å². The van der Waals surface area contributed by atoms with E-state index in [4.69, 9.17) is 0 Å². The number of hydrogen-bond acceptors (Lipinski definition) is 2. The van der Waals surface area contributed by atoms with Gasteiger partial charge in [-0.15, -0.1) is 0 Å². The molecule has 2 nitrogen and oxygen atoms in total. The first-order chi connectivity index (χ1) is 5.77. The van der Waals surface area contributed by atoms with Crippen molar-refractivity contribution in [3.8, 4) is 5.75 Å². The van der Waals surface area contributed by atoms with E-state index in [1.165, 1.54) is 0 Å². The van der Waals surface area contributed by atoms with Crippen LogP contribution in [0.15, 0.2) is 24.2 Å². The molecular weight excluding hydrogens is 149 g/mol. The van der Waals surface area contributed by atoms with Crippen molar-refractivity contribution in [1.29, 1.82) is 0 Å². The minimum atomic E-state index is 0.297. The van der Waals surface area contributed by atoms with E-state index in [0.717, 1.165) is 11.3 Å². The van der Waals surface area contributed by atoms with Crippen LogP contribution in [0.1, 0.15) is 5.56 Å². The highest BCUT2D eigenvalue weighted by molar-refractivity contribution is 6.67. The second kappa shape index (κ2) is 2.59. The number of para-hydroxylation sites is 1. The number of phenolic OH excluding ortho intramolecular Hbond substituents is 1. The van der Waals surface area contributed by atoms with Crippen molar-refractivity contribution in [3.63, 3.8) is 0 Å². The molecule has 1 heterocycles. The molecule has 0 atom stereocenters. The number of aromatic hydroxyl groups is 1. The van der Waals surface area contributed by atoms with Crippen molar-refractivity contribution >= 4 is 18.6 Å². The van der Waals surface area contributed by atoms with Gasteiger partial charge in [-0.05, 0) is 11.6 Å². The normalized spacial score (nSPS) is 13.9. The number of nitrogens with one attached hydrogen (secondary N) is 1. The van der Waals surface area contributed by atoms with Crippen LogP contribution < -0.4 is 5.23 Å². The smallest absolute Gasteiger partial charge is 0.275 e. The van der Waals surface area contributed by atoms with Gasteiger partial charge in [-0.1, -0.05) is 31.0 Å². The maximum Gasteiger partial charge on any atom is 0.275 e. The lowest BCUT2D eigenvalue weighted by molar-refractivity contribution is 0.478. The van der Waals surface area contributed by atoms with Gasteiger partial charge in [0, 0.05) is 0 Å². The van der Waals surface area contributed by atoms with Crippen LogP contribution in [0.2, 0.25) is 6.82 Å². The molecule has 1 aromatic rings. The molecule has 0 unspecified atom stereocenters. The summed E-state index contributed by atoms with van der Waals surface area (Å²) in [6.07, 6.45) is 2.02. The van der Waals surface area contributed by atoms with E-state index in [2.05, 4.69) is 11.2 Å². The van der Waals surface area contributed by atoms with Crippen LogP contribution in [0.25, 0.3) is 6.08 Å². The van der Waals surface area contributed by atoms with Gasteiger partial charge in [0.15, 0.2) is 0 Å². The molecule has 0 saturated carbocycles. The number of fused-ring (bicyclic) bond motifs is 1. The highest BCUT2D eigenvalue weighted by Gasteiger charge is 2.13. The molecule has 1 aromatic carbocycles. The van der Waals surface area contributed by atoms with Crippen LogP contribution in [0.4, 0.5) is 5.69 Å². The van der Waals surface area contributed by atoms with Crippen molar-refractivity contribution in [1.82, 2.24) is 0 Å². The summed E-state index contributed by atoms with van der Waals surface area (Å²) in [6, 6.07) is 5.51. The monoisotopic (exact) mass is 159 g/mol. The Morgan fingerprint density at radius 3 is 3.08 bits per heavy atom. The zero-order valence-corrected chi connectivity index (χ0v) is 6.91. The van der Waals surface area contributed by atoms with Gasteiger partial charge in [0.05, 0.1) is 5.69 Å². The topological polar surface area (TPSA) is 32.3 Å². The molecule has 0 saturated heterocycles. The molecule has 0 aromatic heterocycles. The summed E-state index contributed by atoms with van der Waals surface area (Å²) in [5.41, 5.74) is 1.89. The minimum absolute atomic E-state index is 0.297. The molecular formula is C9H10BNO. The van der Waals surface area contributed by atoms with Gasteiger partial charge in [-0.25, -0.2) is 0 Å². The van der Waals surface area contributed by atoms with Gasteiger partial charge >= 0.3 is 0 Å². The number of rotatable bonds is 0. The van der Waals surface area contributed by atoms with Crippen molar-refractivity contribution in [3.05, 3.63) is 29.7 Å². The lowest BCUT2D eigenvalue weighted by Crippen LogP contribution is -2.20. The van der Waals surface area contributed by atoms with Gasteiger partial charge in [-0.3, -0.25) is 0 Å². The molecule has 1 aliphatic heterocycles. The Bertz CT molecular complexity index is 335. The van der Waals surface area contributed by atoms with Gasteiger partial charge < -0.3 is 10.3 Å². The standard InChI is InChI=1S/C9H10BNO/c1-10-6-5-7-3-2-4-8(12)9(7)11-10/h2-6,11-12H,1H3. The molecule has 1 aliphatic rings. The van der Waals surface area contributed by atoms with Gasteiger partial charge in [0.25, 0.3) is 6.85 Å². The lowest BCUT2D eigenvalue weighted by atomic mass is 9.63. The molecule has 3 heteroatoms. The molecule has 60 valence electrons. The first-order valence-electron chi connectivity index (χ1n) is 4.04. The van der Waals surface area contributed by atoms with Crippen LogP contribution in [-0.2, 0) is 0 Å². The summed E-state index contributed by atoms with van der Waals surface area (Å²) in [4.78, 5) is 0. The fraction of sp³-hybridized carbons (Fsp3) is 0.111. The second-order valence-corrected chi connectivity index (χ2v) is 3.03. The zero-order valence-electron chi connectivity index (χ0n) is 6.91. The molecule has 2 N–H and O–H groups in total. The summed E-state index contributed by atoms with van der Waals surface area (Å²) < 4.78 is 0. The Balaban J connectivity index is 2.53. The molecule has 0 fully saturated rings. The summed E-state index contributed by atoms with van der Waals surface area (Å²) in [5.74, 6) is 2.39. The molecule has 0 bridgehead atoms. The van der Waals surface area contributed by atoms with E-state index in [-0.39, 0.29) is 0 Å². The minimum Gasteiger partial charge on any atom is -0.506 e. The zero-order chi connectivity index (χ0) is 8.55. The summed E-state index contributed by atoms with van der Waals surface area (Å²) in [5, 5.41) is 12.7. The summed E-state index contributed by atoms with van der Waals surface area (Å²) in [7, 11) is 0. The molecule has 0 spiro atoms. The van der Waals surface area contributed by atoms with Crippen molar-refractivity contribution in [2.45, 2.75) is 6.82 Å². The van der Waals surface area contributed by atoms with Crippen LogP contribution in [0, 0.1) is 0 Å². The fourth-order valence-electron chi connectivity index (χ4n) is 1.38. The molecule has 0 amide bonds. The van der Waals surface area contributed by atoms with E-state index in [1.54, 1.807) is 6.07 Å². The number of anilines is 1. The largest absolute Gasteiger partial charge is 0.506 e. The van der Waals surface area contributed by atoms with E-state index >= 15 is 0 Å². The Labute approximate surface area is 72.0 Å². The average Bonchev–Trinajstić information content (AvgIpc) is 2.07. The maximum absolute atomic E-state index is 9.48. The van der Waals surface area contributed by atoms with Gasteiger partial charge in [-0.2, -0.15) is 0 Å². The van der Waals surface area contributed by atoms with E-state index in [9.17, 15) is 5.11 Å². The first kappa shape index (κ1) is 7.28. The Kier molecular flexibility index (Phi) is 1.57. The lowest BCUT2D eigenvalue weighted by Gasteiger charge is -2.17. The molecule has 0 radical (unpaired) electrons.